The van der Waals surface area contributed by atoms with E-state index in [1.807, 2.05) is 6.07 Å². The van der Waals surface area contributed by atoms with Gasteiger partial charge < -0.3 is 9.29 Å². The fourth-order valence-electron chi connectivity index (χ4n) is 1.80. The van der Waals surface area contributed by atoms with Crippen LogP contribution in [0.25, 0.3) is 0 Å². The zero-order valence-electron chi connectivity index (χ0n) is 11.7. The third-order valence-corrected chi connectivity index (χ3v) is 3.52. The molecule has 4 nitrogen and oxygen atoms in total. The first-order valence-corrected chi connectivity index (χ1v) is 7.35. The number of benzene rings is 2. The van der Waals surface area contributed by atoms with Crippen LogP contribution < -0.4 is 34.3 Å². The van der Waals surface area contributed by atoms with Crippen LogP contribution in [0.3, 0.4) is 0 Å². The minimum absolute atomic E-state index is 0. The first kappa shape index (κ1) is 17.9. The molecule has 0 saturated heterocycles. The van der Waals surface area contributed by atoms with Crippen LogP contribution in [0.5, 0.6) is 11.5 Å². The molecule has 0 aliphatic heterocycles. The van der Waals surface area contributed by atoms with E-state index in [2.05, 4.69) is 6.58 Å². The Morgan fingerprint density at radius 3 is 2.33 bits per heavy atom. The van der Waals surface area contributed by atoms with E-state index in [0.717, 1.165) is 0 Å². The first-order valence-electron chi connectivity index (χ1n) is 5.94. The van der Waals surface area contributed by atoms with Crippen LogP contribution in [-0.2, 0) is 16.5 Å². The van der Waals surface area contributed by atoms with Gasteiger partial charge >= 0.3 is 29.6 Å². The van der Waals surface area contributed by atoms with Gasteiger partial charge in [-0.1, -0.05) is 36.4 Å². The number of hydrogen-bond donors (Lipinski definition) is 0. The van der Waals surface area contributed by atoms with Crippen LogP contribution in [0.15, 0.2) is 66.1 Å². The van der Waals surface area contributed by atoms with E-state index in [1.165, 1.54) is 12.1 Å². The van der Waals surface area contributed by atoms with Gasteiger partial charge in [-0.25, -0.2) is 8.42 Å². The molecule has 6 heteroatoms. The average molecular weight is 312 g/mol. The van der Waals surface area contributed by atoms with Crippen LogP contribution in [0.4, 0.5) is 0 Å². The van der Waals surface area contributed by atoms with Gasteiger partial charge in [0, 0.05) is 0 Å². The quantitative estimate of drug-likeness (QED) is 0.447. The predicted molar refractivity (Wildman–Crippen MR) is 74.8 cm³/mol. The summed E-state index contributed by atoms with van der Waals surface area (Å²) in [6.07, 6.45) is 2.03. The molecule has 0 aliphatic carbocycles. The molecule has 0 fully saturated rings. The molecule has 0 spiro atoms. The molecule has 0 aromatic heterocycles. The van der Waals surface area contributed by atoms with E-state index in [1.54, 1.807) is 36.4 Å². The van der Waals surface area contributed by atoms with Crippen molar-refractivity contribution >= 4 is 10.1 Å². The summed E-state index contributed by atoms with van der Waals surface area (Å²) in [5.74, 6) is 0.530. The molecule has 104 valence electrons. The summed E-state index contributed by atoms with van der Waals surface area (Å²) >= 11 is 0. The van der Waals surface area contributed by atoms with Crippen molar-refractivity contribution in [3.05, 3.63) is 66.7 Å². The third-order valence-electron chi connectivity index (χ3n) is 2.66. The molecule has 0 radical (unpaired) electrons. The van der Waals surface area contributed by atoms with Gasteiger partial charge in [0.05, 0.1) is 4.90 Å². The van der Waals surface area contributed by atoms with E-state index in [9.17, 15) is 13.0 Å². The molecular weight excluding hydrogens is 299 g/mol. The Hall–Kier alpha value is -1.11. The summed E-state index contributed by atoms with van der Waals surface area (Å²) in [6, 6.07) is 13.2. The summed E-state index contributed by atoms with van der Waals surface area (Å²) in [6.45, 7) is 3.61. The molecule has 0 unspecified atom stereocenters. The fourth-order valence-corrected chi connectivity index (χ4v) is 2.44. The minimum Gasteiger partial charge on any atom is -0.744 e. The monoisotopic (exact) mass is 312 g/mol. The molecule has 0 N–H and O–H groups in total. The standard InChI is InChI=1S/C15H14O4S.Na/c1-2-7-12-8-6-11-14(20(16,17)18)15(12)19-13-9-4-3-5-10-13;/h2-6,8-11H,1,7H2,(H,16,17,18);/q;+1/p-1. The topological polar surface area (TPSA) is 66.4 Å². The molecule has 2 rings (SSSR count). The summed E-state index contributed by atoms with van der Waals surface area (Å²) in [5, 5.41) is 0. The molecule has 21 heavy (non-hydrogen) atoms. The SMILES string of the molecule is C=CCc1cccc(S(=O)(=O)[O-])c1Oc1ccccc1.[Na+]. The van der Waals surface area contributed by atoms with Gasteiger partial charge in [0.15, 0.2) is 0 Å². The van der Waals surface area contributed by atoms with Crippen molar-refractivity contribution in [1.29, 1.82) is 0 Å². The molecule has 2 aromatic carbocycles. The van der Waals surface area contributed by atoms with Gasteiger partial charge in [-0.05, 0) is 30.2 Å². The average Bonchev–Trinajstić information content (AvgIpc) is 2.41. The second-order valence-corrected chi connectivity index (χ2v) is 5.45. The maximum Gasteiger partial charge on any atom is 1.00 e. The molecule has 0 aliphatic rings. The Morgan fingerprint density at radius 1 is 1.10 bits per heavy atom. The van der Waals surface area contributed by atoms with Gasteiger partial charge in [0.1, 0.15) is 21.6 Å². The van der Waals surface area contributed by atoms with Gasteiger partial charge in [0.2, 0.25) is 0 Å². The van der Waals surface area contributed by atoms with Gasteiger partial charge in [0.25, 0.3) is 0 Å². The van der Waals surface area contributed by atoms with E-state index in [4.69, 9.17) is 4.74 Å². The molecule has 0 bridgehead atoms. The van der Waals surface area contributed by atoms with E-state index >= 15 is 0 Å². The maximum atomic E-state index is 11.3. The van der Waals surface area contributed by atoms with Crippen molar-refractivity contribution in [1.82, 2.24) is 0 Å². The number of allylic oxidation sites excluding steroid dienone is 1. The van der Waals surface area contributed by atoms with Crippen LogP contribution in [-0.4, -0.2) is 13.0 Å². The van der Waals surface area contributed by atoms with Crippen molar-refractivity contribution in [3.63, 3.8) is 0 Å². The third kappa shape index (κ3) is 4.69. The number of para-hydroxylation sites is 2. The summed E-state index contributed by atoms with van der Waals surface area (Å²) in [7, 11) is -4.60. The van der Waals surface area contributed by atoms with Crippen molar-refractivity contribution in [2.45, 2.75) is 11.3 Å². The number of hydrogen-bond acceptors (Lipinski definition) is 4. The number of ether oxygens (including phenoxy) is 1. The summed E-state index contributed by atoms with van der Waals surface area (Å²) in [4.78, 5) is -0.360. The smallest absolute Gasteiger partial charge is 0.744 e. The van der Waals surface area contributed by atoms with Crippen molar-refractivity contribution in [3.8, 4) is 11.5 Å². The Labute approximate surface area is 146 Å². The molecule has 2 aromatic rings. The van der Waals surface area contributed by atoms with E-state index < -0.39 is 10.1 Å². The molecule has 0 atom stereocenters. The molecule has 0 heterocycles. The zero-order chi connectivity index (χ0) is 14.6. The normalized spacial score (nSPS) is 10.5. The van der Waals surface area contributed by atoms with E-state index in [-0.39, 0.29) is 40.2 Å². The van der Waals surface area contributed by atoms with Crippen LogP contribution in [0, 0.1) is 0 Å². The molecule has 0 amide bonds. The summed E-state index contributed by atoms with van der Waals surface area (Å²) in [5.41, 5.74) is 0.598. The van der Waals surface area contributed by atoms with Crippen molar-refractivity contribution in [2.75, 3.05) is 0 Å². The Balaban J connectivity index is 0.00000220. The Kier molecular flexibility index (Phi) is 6.64. The molecule has 0 saturated carbocycles. The van der Waals surface area contributed by atoms with Crippen molar-refractivity contribution in [2.24, 2.45) is 0 Å². The van der Waals surface area contributed by atoms with Crippen molar-refractivity contribution < 1.29 is 47.3 Å². The van der Waals surface area contributed by atoms with Crippen LogP contribution in [0.2, 0.25) is 0 Å². The Morgan fingerprint density at radius 2 is 1.76 bits per heavy atom. The van der Waals surface area contributed by atoms with Gasteiger partial charge in [-0.3, -0.25) is 0 Å². The van der Waals surface area contributed by atoms with Gasteiger partial charge in [-0.2, -0.15) is 0 Å². The van der Waals surface area contributed by atoms with E-state index in [0.29, 0.717) is 17.7 Å². The summed E-state index contributed by atoms with van der Waals surface area (Å²) < 4.78 is 39.6. The molecular formula is C15H13NaO4S. The minimum atomic E-state index is -4.60. The second kappa shape index (κ2) is 7.77. The predicted octanol–water partition coefficient (Wildman–Crippen LogP) is 0.115. The fraction of sp³-hybridized carbons (Fsp3) is 0.0667. The Bertz CT molecular complexity index is 712. The number of rotatable bonds is 5. The maximum absolute atomic E-state index is 11.3. The largest absolute Gasteiger partial charge is 1.00 e. The zero-order valence-corrected chi connectivity index (χ0v) is 14.5. The second-order valence-electron chi connectivity index (χ2n) is 4.11. The first-order chi connectivity index (χ1) is 9.52. The van der Waals surface area contributed by atoms with Gasteiger partial charge in [-0.15, -0.1) is 6.58 Å². The van der Waals surface area contributed by atoms with Crippen LogP contribution in [0.1, 0.15) is 5.56 Å². The van der Waals surface area contributed by atoms with Crippen LogP contribution >= 0.6 is 0 Å².